The van der Waals surface area contributed by atoms with Gasteiger partial charge in [-0.2, -0.15) is 0 Å². The number of fused-ring (bicyclic) bond motifs is 1. The van der Waals surface area contributed by atoms with Crippen LogP contribution in [0.15, 0.2) is 30.3 Å². The molecule has 0 saturated carbocycles. The van der Waals surface area contributed by atoms with Crippen molar-refractivity contribution in [3.63, 3.8) is 0 Å². The van der Waals surface area contributed by atoms with E-state index >= 15 is 0 Å². The molecule has 2 saturated heterocycles. The number of ether oxygens (including phenoxy) is 10. The predicted octanol–water partition coefficient (Wildman–Crippen LogP) is 1.57. The van der Waals surface area contributed by atoms with E-state index in [1.165, 1.54) is 0 Å². The fourth-order valence-electron chi connectivity index (χ4n) is 3.86. The minimum absolute atomic E-state index is 0.345. The third kappa shape index (κ3) is 8.20. The summed E-state index contributed by atoms with van der Waals surface area (Å²) in [5.41, 5.74) is 0.931. The fourth-order valence-corrected chi connectivity index (χ4v) is 3.86. The van der Waals surface area contributed by atoms with Crippen molar-refractivity contribution in [2.75, 3.05) is 80.8 Å². The van der Waals surface area contributed by atoms with Gasteiger partial charge in [-0.1, -0.05) is 30.3 Å². The van der Waals surface area contributed by atoms with Crippen molar-refractivity contribution in [3.8, 4) is 0 Å². The maximum atomic E-state index is 6.35. The Morgan fingerprint density at radius 1 is 0.735 bits per heavy atom. The Morgan fingerprint density at radius 3 is 1.97 bits per heavy atom. The predicted molar refractivity (Wildman–Crippen MR) is 121 cm³/mol. The molecule has 2 aliphatic rings. The first kappa shape index (κ1) is 27.4. The highest BCUT2D eigenvalue weighted by molar-refractivity contribution is 5.16. The first-order valence-electron chi connectivity index (χ1n) is 11.6. The van der Waals surface area contributed by atoms with E-state index in [2.05, 4.69) is 0 Å². The molecule has 2 fully saturated rings. The van der Waals surface area contributed by atoms with Gasteiger partial charge in [0.25, 0.3) is 0 Å². The van der Waals surface area contributed by atoms with Gasteiger partial charge in [0.05, 0.1) is 59.5 Å². The lowest BCUT2D eigenvalue weighted by molar-refractivity contribution is -0.368. The Bertz CT molecular complexity index is 648. The van der Waals surface area contributed by atoms with Gasteiger partial charge in [0.2, 0.25) is 0 Å². The quantitative estimate of drug-likeness (QED) is 0.321. The van der Waals surface area contributed by atoms with Gasteiger partial charge in [0.15, 0.2) is 12.6 Å². The number of hydrogen-bond acceptors (Lipinski definition) is 10. The number of hydrogen-bond donors (Lipinski definition) is 0. The molecule has 2 heterocycles. The lowest BCUT2D eigenvalue weighted by Gasteiger charge is -2.48. The molecule has 0 unspecified atom stereocenters. The summed E-state index contributed by atoms with van der Waals surface area (Å²) < 4.78 is 57.6. The van der Waals surface area contributed by atoms with E-state index in [0.717, 1.165) is 5.56 Å². The standard InChI is InChI=1S/C24H38O10/c1-25-9-11-28-13-15-30-21-20-19(17-32-23(34-20)18-7-5-4-6-8-18)33-24(27-3)22(21)31-16-14-29-12-10-26-2/h4-8,19-24H,9-17H2,1-3H3/t19-,20-,21+,22-,23-,24+/m1/s1. The molecule has 10 heteroatoms. The van der Waals surface area contributed by atoms with Crippen LogP contribution in [0.4, 0.5) is 0 Å². The van der Waals surface area contributed by atoms with Crippen LogP contribution in [-0.4, -0.2) is 111 Å². The van der Waals surface area contributed by atoms with Crippen molar-refractivity contribution < 1.29 is 47.4 Å². The molecular weight excluding hydrogens is 448 g/mol. The molecule has 0 radical (unpaired) electrons. The molecule has 6 atom stereocenters. The van der Waals surface area contributed by atoms with Gasteiger partial charge in [-0.05, 0) is 0 Å². The average molecular weight is 487 g/mol. The molecule has 194 valence electrons. The molecule has 10 nitrogen and oxygen atoms in total. The maximum absolute atomic E-state index is 6.35. The smallest absolute Gasteiger partial charge is 0.186 e. The molecule has 34 heavy (non-hydrogen) atoms. The Hall–Kier alpha value is -1.18. The Kier molecular flexibility index (Phi) is 12.7. The topological polar surface area (TPSA) is 92.3 Å². The van der Waals surface area contributed by atoms with Crippen LogP contribution >= 0.6 is 0 Å². The molecule has 1 aromatic rings. The van der Waals surface area contributed by atoms with Crippen molar-refractivity contribution in [1.82, 2.24) is 0 Å². The van der Waals surface area contributed by atoms with E-state index in [1.807, 2.05) is 30.3 Å². The van der Waals surface area contributed by atoms with E-state index in [1.54, 1.807) is 21.3 Å². The van der Waals surface area contributed by atoms with Crippen molar-refractivity contribution >= 4 is 0 Å². The van der Waals surface area contributed by atoms with Crippen LogP contribution in [0.2, 0.25) is 0 Å². The van der Waals surface area contributed by atoms with Gasteiger partial charge < -0.3 is 47.4 Å². The Labute approximate surface area is 201 Å². The average Bonchev–Trinajstić information content (AvgIpc) is 2.88. The van der Waals surface area contributed by atoms with Crippen molar-refractivity contribution in [3.05, 3.63) is 35.9 Å². The van der Waals surface area contributed by atoms with Crippen LogP contribution < -0.4 is 0 Å². The second-order valence-electron chi connectivity index (χ2n) is 7.84. The third-order valence-electron chi connectivity index (χ3n) is 5.53. The fraction of sp³-hybridized carbons (Fsp3) is 0.750. The van der Waals surface area contributed by atoms with Crippen molar-refractivity contribution in [2.45, 2.75) is 37.0 Å². The summed E-state index contributed by atoms with van der Waals surface area (Å²) in [6.07, 6.45) is -2.91. The zero-order valence-corrected chi connectivity index (χ0v) is 20.3. The van der Waals surface area contributed by atoms with Gasteiger partial charge in [-0.25, -0.2) is 0 Å². The second kappa shape index (κ2) is 15.7. The summed E-state index contributed by atoms with van der Waals surface area (Å²) in [5, 5.41) is 0. The van der Waals surface area contributed by atoms with E-state index in [-0.39, 0.29) is 6.10 Å². The Balaban J connectivity index is 1.65. The monoisotopic (exact) mass is 486 g/mol. The first-order valence-corrected chi connectivity index (χ1v) is 11.6. The van der Waals surface area contributed by atoms with Crippen LogP contribution in [0.5, 0.6) is 0 Å². The molecule has 0 amide bonds. The van der Waals surface area contributed by atoms with E-state index in [9.17, 15) is 0 Å². The summed E-state index contributed by atoms with van der Waals surface area (Å²) in [5.74, 6) is 0. The van der Waals surface area contributed by atoms with Crippen LogP contribution in [0.25, 0.3) is 0 Å². The SMILES string of the molecule is COCCOCCO[C@@H]1[C@@H](OCCOCCOC)[C@@H](OC)O[C@@H]2CO[C@@H](c3ccccc3)O[C@@H]12. The molecule has 2 aliphatic heterocycles. The highest BCUT2D eigenvalue weighted by Crippen LogP contribution is 2.36. The largest absolute Gasteiger partial charge is 0.382 e. The third-order valence-corrected chi connectivity index (χ3v) is 5.53. The molecule has 3 rings (SSSR count). The molecule has 0 bridgehead atoms. The van der Waals surface area contributed by atoms with Crippen molar-refractivity contribution in [2.24, 2.45) is 0 Å². The molecule has 0 N–H and O–H groups in total. The van der Waals surface area contributed by atoms with E-state index < -0.39 is 30.9 Å². The summed E-state index contributed by atoms with van der Waals surface area (Å²) in [7, 11) is 4.86. The zero-order valence-electron chi connectivity index (χ0n) is 20.3. The van der Waals surface area contributed by atoms with Crippen LogP contribution in [0, 0.1) is 0 Å². The van der Waals surface area contributed by atoms with Crippen LogP contribution in [0.3, 0.4) is 0 Å². The molecular formula is C24H38O10. The number of rotatable bonds is 16. The minimum atomic E-state index is -0.639. The van der Waals surface area contributed by atoms with Gasteiger partial charge >= 0.3 is 0 Å². The lowest BCUT2D eigenvalue weighted by atomic mass is 9.97. The summed E-state index contributed by atoms with van der Waals surface area (Å²) in [6, 6.07) is 9.80. The van der Waals surface area contributed by atoms with E-state index in [0.29, 0.717) is 59.5 Å². The number of methoxy groups -OCH3 is 3. The van der Waals surface area contributed by atoms with Crippen LogP contribution in [0.1, 0.15) is 11.9 Å². The zero-order chi connectivity index (χ0) is 24.0. The summed E-state index contributed by atoms with van der Waals surface area (Å²) in [6.45, 7) is 3.94. The summed E-state index contributed by atoms with van der Waals surface area (Å²) in [4.78, 5) is 0. The highest BCUT2D eigenvalue weighted by atomic mass is 16.8. The van der Waals surface area contributed by atoms with Gasteiger partial charge in [-0.3, -0.25) is 0 Å². The minimum Gasteiger partial charge on any atom is -0.382 e. The Morgan fingerprint density at radius 2 is 1.35 bits per heavy atom. The lowest BCUT2D eigenvalue weighted by Crippen LogP contribution is -2.63. The maximum Gasteiger partial charge on any atom is 0.186 e. The molecule has 0 aromatic heterocycles. The van der Waals surface area contributed by atoms with Gasteiger partial charge in [0, 0.05) is 26.9 Å². The van der Waals surface area contributed by atoms with Gasteiger partial charge in [0.1, 0.15) is 24.4 Å². The van der Waals surface area contributed by atoms with E-state index in [4.69, 9.17) is 47.4 Å². The normalized spacial score (nSPS) is 29.1. The summed E-state index contributed by atoms with van der Waals surface area (Å²) >= 11 is 0. The molecule has 0 aliphatic carbocycles. The first-order chi connectivity index (χ1) is 16.8. The van der Waals surface area contributed by atoms with Gasteiger partial charge in [-0.15, -0.1) is 0 Å². The molecule has 0 spiro atoms. The number of benzene rings is 1. The highest BCUT2D eigenvalue weighted by Gasteiger charge is 2.51. The van der Waals surface area contributed by atoms with Crippen molar-refractivity contribution in [1.29, 1.82) is 0 Å². The molecule has 1 aromatic carbocycles. The second-order valence-corrected chi connectivity index (χ2v) is 7.84. The van der Waals surface area contributed by atoms with Crippen LogP contribution in [-0.2, 0) is 47.4 Å².